The minimum atomic E-state index is 0.713. The van der Waals surface area contributed by atoms with Gasteiger partial charge in [-0.2, -0.15) is 0 Å². The molecule has 3 rings (SSSR count). The van der Waals surface area contributed by atoms with Gasteiger partial charge in [0.25, 0.3) is 0 Å². The molecule has 0 saturated carbocycles. The lowest BCUT2D eigenvalue weighted by atomic mass is 10.1. The number of ether oxygens (including phenoxy) is 1. The molecule has 20 heavy (non-hydrogen) atoms. The first-order valence-electron chi connectivity index (χ1n) is 6.94. The number of aromatic nitrogens is 1. The highest BCUT2D eigenvalue weighted by Crippen LogP contribution is 2.23. The summed E-state index contributed by atoms with van der Waals surface area (Å²) in [5.74, 6) is 0.871. The molecule has 0 amide bonds. The first kappa shape index (κ1) is 12.7. The van der Waals surface area contributed by atoms with Gasteiger partial charge in [-0.1, -0.05) is 48.5 Å². The zero-order valence-corrected chi connectivity index (χ0v) is 11.3. The van der Waals surface area contributed by atoms with Gasteiger partial charge in [-0.15, -0.1) is 0 Å². The van der Waals surface area contributed by atoms with E-state index in [0.717, 1.165) is 29.5 Å². The Bertz CT molecular complexity index is 674. The van der Waals surface area contributed by atoms with Crippen molar-refractivity contribution in [1.29, 1.82) is 0 Å². The van der Waals surface area contributed by atoms with Gasteiger partial charge in [0.05, 0.1) is 6.61 Å². The summed E-state index contributed by atoms with van der Waals surface area (Å²) in [6, 6.07) is 20.5. The number of pyridine rings is 1. The molecule has 2 aromatic carbocycles. The van der Waals surface area contributed by atoms with Gasteiger partial charge >= 0.3 is 0 Å². The zero-order valence-electron chi connectivity index (χ0n) is 11.3. The van der Waals surface area contributed by atoms with Crippen LogP contribution in [0.15, 0.2) is 66.9 Å². The number of hydrogen-bond donors (Lipinski definition) is 0. The summed E-state index contributed by atoms with van der Waals surface area (Å²) in [7, 11) is 0. The van der Waals surface area contributed by atoms with Crippen LogP contribution in [0.3, 0.4) is 0 Å². The molecule has 100 valence electrons. The van der Waals surface area contributed by atoms with Gasteiger partial charge in [-0.3, -0.25) is 4.98 Å². The molecule has 3 aromatic rings. The van der Waals surface area contributed by atoms with Gasteiger partial charge in [0, 0.05) is 11.6 Å². The summed E-state index contributed by atoms with van der Waals surface area (Å²) >= 11 is 0. The van der Waals surface area contributed by atoms with Gasteiger partial charge in [0.2, 0.25) is 0 Å². The Labute approximate surface area is 119 Å². The quantitative estimate of drug-likeness (QED) is 0.642. The Kier molecular flexibility index (Phi) is 3.93. The molecule has 0 aliphatic carbocycles. The molecule has 0 saturated heterocycles. The highest BCUT2D eigenvalue weighted by molar-refractivity contribution is 5.84. The number of aryl methyl sites for hydroxylation is 1. The summed E-state index contributed by atoms with van der Waals surface area (Å²) in [5.41, 5.74) is 2.29. The number of hydrogen-bond acceptors (Lipinski definition) is 2. The summed E-state index contributed by atoms with van der Waals surface area (Å²) in [4.78, 5) is 4.39. The monoisotopic (exact) mass is 263 g/mol. The predicted octanol–water partition coefficient (Wildman–Crippen LogP) is 4.25. The number of fused-ring (bicyclic) bond motifs is 1. The molecule has 0 radical (unpaired) electrons. The molecule has 0 aliphatic rings. The molecular weight excluding hydrogens is 246 g/mol. The lowest BCUT2D eigenvalue weighted by Gasteiger charge is -2.08. The molecule has 0 atom stereocenters. The summed E-state index contributed by atoms with van der Waals surface area (Å²) in [6.07, 6.45) is 3.85. The maximum Gasteiger partial charge on any atom is 0.145 e. The lowest BCUT2D eigenvalue weighted by Crippen LogP contribution is -2.00. The van der Waals surface area contributed by atoms with Gasteiger partial charge in [-0.25, -0.2) is 0 Å². The Morgan fingerprint density at radius 2 is 1.70 bits per heavy atom. The fourth-order valence-corrected chi connectivity index (χ4v) is 2.30. The average molecular weight is 263 g/mol. The Morgan fingerprint density at radius 3 is 2.60 bits per heavy atom. The molecule has 0 fully saturated rings. The first-order chi connectivity index (χ1) is 9.93. The SMILES string of the molecule is c1ccc(CCCOc2cccc3cccnc23)cc1. The minimum absolute atomic E-state index is 0.713. The van der Waals surface area contributed by atoms with Crippen molar-refractivity contribution < 1.29 is 4.74 Å². The van der Waals surface area contributed by atoms with Crippen molar-refractivity contribution in [2.45, 2.75) is 12.8 Å². The fraction of sp³-hybridized carbons (Fsp3) is 0.167. The molecular formula is C18H17NO. The van der Waals surface area contributed by atoms with Crippen LogP contribution in [0.4, 0.5) is 0 Å². The smallest absolute Gasteiger partial charge is 0.145 e. The largest absolute Gasteiger partial charge is 0.491 e. The number of rotatable bonds is 5. The summed E-state index contributed by atoms with van der Waals surface area (Å²) in [6.45, 7) is 0.713. The zero-order chi connectivity index (χ0) is 13.6. The fourth-order valence-electron chi connectivity index (χ4n) is 2.30. The Morgan fingerprint density at radius 1 is 0.850 bits per heavy atom. The molecule has 0 N–H and O–H groups in total. The third-order valence-corrected chi connectivity index (χ3v) is 3.31. The van der Waals surface area contributed by atoms with Crippen molar-refractivity contribution in [3.63, 3.8) is 0 Å². The van der Waals surface area contributed by atoms with E-state index in [1.807, 2.05) is 24.3 Å². The van der Waals surface area contributed by atoms with Crippen LogP contribution in [0.2, 0.25) is 0 Å². The van der Waals surface area contributed by atoms with Crippen molar-refractivity contribution in [2.75, 3.05) is 6.61 Å². The molecule has 1 aromatic heterocycles. The molecule has 0 bridgehead atoms. The van der Waals surface area contributed by atoms with Crippen molar-refractivity contribution in [2.24, 2.45) is 0 Å². The standard InChI is InChI=1S/C18H17NO/c1-2-7-15(8-3-1)9-6-14-20-17-12-4-10-16-11-5-13-19-18(16)17/h1-5,7-8,10-13H,6,9,14H2. The van der Waals surface area contributed by atoms with E-state index in [1.165, 1.54) is 5.56 Å². The number of nitrogens with zero attached hydrogens (tertiary/aromatic N) is 1. The number of benzene rings is 2. The minimum Gasteiger partial charge on any atom is -0.491 e. The summed E-state index contributed by atoms with van der Waals surface area (Å²) in [5, 5.41) is 1.12. The van der Waals surface area contributed by atoms with Crippen LogP contribution >= 0.6 is 0 Å². The van der Waals surface area contributed by atoms with Gasteiger partial charge in [0.15, 0.2) is 0 Å². The van der Waals surface area contributed by atoms with E-state index in [4.69, 9.17) is 4.74 Å². The molecule has 0 unspecified atom stereocenters. The van der Waals surface area contributed by atoms with Crippen molar-refractivity contribution in [3.8, 4) is 5.75 Å². The van der Waals surface area contributed by atoms with Crippen LogP contribution in [-0.4, -0.2) is 11.6 Å². The van der Waals surface area contributed by atoms with Crippen molar-refractivity contribution in [1.82, 2.24) is 4.98 Å². The van der Waals surface area contributed by atoms with Gasteiger partial charge in [-0.05, 0) is 30.5 Å². The highest BCUT2D eigenvalue weighted by atomic mass is 16.5. The van der Waals surface area contributed by atoms with Crippen LogP contribution in [-0.2, 0) is 6.42 Å². The van der Waals surface area contributed by atoms with Crippen LogP contribution in [0, 0.1) is 0 Å². The third-order valence-electron chi connectivity index (χ3n) is 3.31. The first-order valence-corrected chi connectivity index (χ1v) is 6.94. The number of para-hydroxylation sites is 1. The molecule has 0 spiro atoms. The van der Waals surface area contributed by atoms with Crippen LogP contribution in [0.5, 0.6) is 5.75 Å². The van der Waals surface area contributed by atoms with E-state index in [0.29, 0.717) is 6.61 Å². The highest BCUT2D eigenvalue weighted by Gasteiger charge is 2.02. The van der Waals surface area contributed by atoms with Crippen LogP contribution < -0.4 is 4.74 Å². The predicted molar refractivity (Wildman–Crippen MR) is 82.0 cm³/mol. The Hall–Kier alpha value is -2.35. The van der Waals surface area contributed by atoms with E-state index in [1.54, 1.807) is 6.20 Å². The lowest BCUT2D eigenvalue weighted by molar-refractivity contribution is 0.314. The third kappa shape index (κ3) is 2.97. The topological polar surface area (TPSA) is 22.1 Å². The molecule has 0 aliphatic heterocycles. The molecule has 2 heteroatoms. The average Bonchev–Trinajstić information content (AvgIpc) is 2.53. The second-order valence-electron chi connectivity index (χ2n) is 4.77. The van der Waals surface area contributed by atoms with Gasteiger partial charge < -0.3 is 4.74 Å². The van der Waals surface area contributed by atoms with Crippen LogP contribution in [0.25, 0.3) is 10.9 Å². The second-order valence-corrected chi connectivity index (χ2v) is 4.77. The summed E-state index contributed by atoms with van der Waals surface area (Å²) < 4.78 is 5.88. The molecule has 2 nitrogen and oxygen atoms in total. The van der Waals surface area contributed by atoms with E-state index in [9.17, 15) is 0 Å². The Balaban J connectivity index is 1.60. The van der Waals surface area contributed by atoms with E-state index in [2.05, 4.69) is 41.4 Å². The van der Waals surface area contributed by atoms with Crippen molar-refractivity contribution in [3.05, 3.63) is 72.4 Å². The van der Waals surface area contributed by atoms with E-state index >= 15 is 0 Å². The van der Waals surface area contributed by atoms with E-state index in [-0.39, 0.29) is 0 Å². The molecule has 1 heterocycles. The second kappa shape index (κ2) is 6.20. The maximum absolute atomic E-state index is 5.88. The van der Waals surface area contributed by atoms with Crippen molar-refractivity contribution >= 4 is 10.9 Å². The normalized spacial score (nSPS) is 10.6. The van der Waals surface area contributed by atoms with Gasteiger partial charge in [0.1, 0.15) is 11.3 Å². The van der Waals surface area contributed by atoms with Crippen LogP contribution in [0.1, 0.15) is 12.0 Å². The van der Waals surface area contributed by atoms with E-state index < -0.39 is 0 Å². The maximum atomic E-state index is 5.88.